The number of benzene rings is 2. The van der Waals surface area contributed by atoms with Gasteiger partial charge in [-0.1, -0.05) is 63.0 Å². The Kier molecular flexibility index (Phi) is 4.46. The molecule has 6 heteroatoms. The molecule has 0 bridgehead atoms. The molecule has 0 atom stereocenters. The fraction of sp³-hybridized carbons (Fsp3) is 0.105. The molecular weight excluding hydrogens is 398 g/mol. The monoisotopic (exact) mass is 411 g/mol. The maximum Gasteiger partial charge on any atom is 0.233 e. The highest BCUT2D eigenvalue weighted by Crippen LogP contribution is 2.25. The Bertz CT molecular complexity index is 908. The number of rotatable bonds is 4. The van der Waals surface area contributed by atoms with E-state index in [0.717, 1.165) is 26.3 Å². The number of hydrogen-bond acceptors (Lipinski definition) is 5. The SMILES string of the molecule is Cc1ccc(-c2noc(Cc3nc(-c4ccc(Br)cc4)cs3)n2)cc1. The third-order valence-electron chi connectivity index (χ3n) is 3.77. The maximum atomic E-state index is 5.38. The molecule has 4 aromatic rings. The maximum absolute atomic E-state index is 5.38. The first kappa shape index (κ1) is 16.2. The lowest BCUT2D eigenvalue weighted by Gasteiger charge is -1.96. The summed E-state index contributed by atoms with van der Waals surface area (Å²) in [4.78, 5) is 9.16. The van der Waals surface area contributed by atoms with Gasteiger partial charge in [0.05, 0.1) is 12.1 Å². The predicted molar refractivity (Wildman–Crippen MR) is 103 cm³/mol. The van der Waals surface area contributed by atoms with Crippen LogP contribution in [0.5, 0.6) is 0 Å². The van der Waals surface area contributed by atoms with E-state index in [2.05, 4.69) is 43.4 Å². The summed E-state index contributed by atoms with van der Waals surface area (Å²) >= 11 is 5.05. The fourth-order valence-corrected chi connectivity index (χ4v) is 3.48. The van der Waals surface area contributed by atoms with Crippen LogP contribution in [0.25, 0.3) is 22.6 Å². The van der Waals surface area contributed by atoms with Crippen molar-refractivity contribution in [3.05, 3.63) is 74.8 Å². The van der Waals surface area contributed by atoms with Gasteiger partial charge in [0, 0.05) is 21.0 Å². The lowest BCUT2D eigenvalue weighted by atomic mass is 10.1. The highest BCUT2D eigenvalue weighted by molar-refractivity contribution is 9.10. The summed E-state index contributed by atoms with van der Waals surface area (Å²) in [7, 11) is 0. The molecule has 0 radical (unpaired) electrons. The van der Waals surface area contributed by atoms with Gasteiger partial charge in [-0.25, -0.2) is 4.98 Å². The summed E-state index contributed by atoms with van der Waals surface area (Å²) < 4.78 is 6.44. The topological polar surface area (TPSA) is 51.8 Å². The van der Waals surface area contributed by atoms with Crippen LogP contribution in [0.15, 0.2) is 62.9 Å². The first-order valence-corrected chi connectivity index (χ1v) is 9.44. The first-order valence-electron chi connectivity index (χ1n) is 7.77. The summed E-state index contributed by atoms with van der Waals surface area (Å²) in [5.74, 6) is 1.19. The highest BCUT2D eigenvalue weighted by Gasteiger charge is 2.12. The van der Waals surface area contributed by atoms with Gasteiger partial charge in [0.15, 0.2) is 0 Å². The van der Waals surface area contributed by atoms with Crippen LogP contribution in [0.2, 0.25) is 0 Å². The van der Waals surface area contributed by atoms with Gasteiger partial charge in [-0.2, -0.15) is 4.98 Å². The molecule has 0 N–H and O–H groups in total. The van der Waals surface area contributed by atoms with Crippen molar-refractivity contribution in [1.29, 1.82) is 0 Å². The van der Waals surface area contributed by atoms with Gasteiger partial charge in [-0.15, -0.1) is 11.3 Å². The molecule has 0 unspecified atom stereocenters. The van der Waals surface area contributed by atoms with Crippen molar-refractivity contribution >= 4 is 27.3 Å². The summed E-state index contributed by atoms with van der Waals surface area (Å²) in [5.41, 5.74) is 4.22. The van der Waals surface area contributed by atoms with Gasteiger partial charge >= 0.3 is 0 Å². The Balaban J connectivity index is 1.51. The Labute approximate surface area is 157 Å². The van der Waals surface area contributed by atoms with Gasteiger partial charge in [0.2, 0.25) is 11.7 Å². The van der Waals surface area contributed by atoms with E-state index in [-0.39, 0.29) is 0 Å². The predicted octanol–water partition coefficient (Wildman–Crippen LogP) is 5.52. The molecule has 25 heavy (non-hydrogen) atoms. The van der Waals surface area contributed by atoms with E-state index < -0.39 is 0 Å². The Morgan fingerprint density at radius 3 is 2.44 bits per heavy atom. The molecule has 0 spiro atoms. The molecule has 0 amide bonds. The van der Waals surface area contributed by atoms with E-state index in [1.807, 2.05) is 48.5 Å². The van der Waals surface area contributed by atoms with E-state index in [9.17, 15) is 0 Å². The molecule has 0 aliphatic rings. The van der Waals surface area contributed by atoms with Crippen LogP contribution in [-0.4, -0.2) is 15.1 Å². The quantitative estimate of drug-likeness (QED) is 0.443. The van der Waals surface area contributed by atoms with Crippen LogP contribution in [0.4, 0.5) is 0 Å². The van der Waals surface area contributed by atoms with Crippen molar-refractivity contribution in [3.63, 3.8) is 0 Å². The smallest absolute Gasteiger partial charge is 0.233 e. The Morgan fingerprint density at radius 2 is 1.68 bits per heavy atom. The van der Waals surface area contributed by atoms with Gasteiger partial charge in [-0.05, 0) is 19.1 Å². The lowest BCUT2D eigenvalue weighted by Crippen LogP contribution is -1.88. The minimum atomic E-state index is 0.542. The van der Waals surface area contributed by atoms with E-state index in [0.29, 0.717) is 18.1 Å². The average Bonchev–Trinajstić information content (AvgIpc) is 3.27. The third-order valence-corrected chi connectivity index (χ3v) is 5.15. The first-order chi connectivity index (χ1) is 12.2. The van der Waals surface area contributed by atoms with Gasteiger partial charge < -0.3 is 4.52 Å². The number of nitrogens with zero attached hydrogens (tertiary/aromatic N) is 3. The van der Waals surface area contributed by atoms with Crippen molar-refractivity contribution < 1.29 is 4.52 Å². The molecule has 0 aliphatic heterocycles. The van der Waals surface area contributed by atoms with E-state index in [4.69, 9.17) is 4.52 Å². The second-order valence-electron chi connectivity index (χ2n) is 5.69. The van der Waals surface area contributed by atoms with Crippen molar-refractivity contribution in [1.82, 2.24) is 15.1 Å². The van der Waals surface area contributed by atoms with Crippen LogP contribution in [0.3, 0.4) is 0 Å². The second-order valence-corrected chi connectivity index (χ2v) is 7.55. The molecule has 2 aromatic heterocycles. The van der Waals surface area contributed by atoms with Crippen molar-refractivity contribution in [3.8, 4) is 22.6 Å². The van der Waals surface area contributed by atoms with E-state index >= 15 is 0 Å². The molecular formula is C19H14BrN3OS. The summed E-state index contributed by atoms with van der Waals surface area (Å²) in [5, 5.41) is 7.08. The molecule has 0 saturated heterocycles. The van der Waals surface area contributed by atoms with Crippen molar-refractivity contribution in [2.24, 2.45) is 0 Å². The van der Waals surface area contributed by atoms with E-state index in [1.54, 1.807) is 11.3 Å². The molecule has 0 fully saturated rings. The van der Waals surface area contributed by atoms with Gasteiger partial charge in [-0.3, -0.25) is 0 Å². The number of hydrogen-bond donors (Lipinski definition) is 0. The van der Waals surface area contributed by atoms with E-state index in [1.165, 1.54) is 5.56 Å². The van der Waals surface area contributed by atoms with Crippen LogP contribution in [0, 0.1) is 6.92 Å². The summed E-state index contributed by atoms with van der Waals surface area (Å²) in [6, 6.07) is 16.2. The second kappa shape index (κ2) is 6.90. The summed E-state index contributed by atoms with van der Waals surface area (Å²) in [6.07, 6.45) is 0.542. The lowest BCUT2D eigenvalue weighted by molar-refractivity contribution is 0.385. The average molecular weight is 412 g/mol. The van der Waals surface area contributed by atoms with Gasteiger partial charge in [0.25, 0.3) is 0 Å². The molecule has 4 rings (SSSR count). The molecule has 0 aliphatic carbocycles. The van der Waals surface area contributed by atoms with Crippen molar-refractivity contribution in [2.75, 3.05) is 0 Å². The molecule has 124 valence electrons. The molecule has 0 saturated carbocycles. The van der Waals surface area contributed by atoms with Crippen LogP contribution in [0.1, 0.15) is 16.5 Å². The third kappa shape index (κ3) is 3.70. The van der Waals surface area contributed by atoms with Crippen molar-refractivity contribution in [2.45, 2.75) is 13.3 Å². The van der Waals surface area contributed by atoms with Crippen LogP contribution < -0.4 is 0 Å². The summed E-state index contributed by atoms with van der Waals surface area (Å²) in [6.45, 7) is 2.05. The van der Waals surface area contributed by atoms with Crippen LogP contribution in [-0.2, 0) is 6.42 Å². The minimum absolute atomic E-state index is 0.542. The van der Waals surface area contributed by atoms with Crippen LogP contribution >= 0.6 is 27.3 Å². The fourth-order valence-electron chi connectivity index (χ4n) is 2.42. The normalized spacial score (nSPS) is 11.0. The Hall–Kier alpha value is -2.31. The number of thiazole rings is 1. The number of aromatic nitrogens is 3. The number of halogens is 1. The molecule has 2 heterocycles. The minimum Gasteiger partial charge on any atom is -0.339 e. The highest BCUT2D eigenvalue weighted by atomic mass is 79.9. The zero-order valence-corrected chi connectivity index (χ0v) is 15.8. The zero-order chi connectivity index (χ0) is 17.2. The molecule has 4 nitrogen and oxygen atoms in total. The largest absolute Gasteiger partial charge is 0.339 e. The van der Waals surface area contributed by atoms with Gasteiger partial charge in [0.1, 0.15) is 5.01 Å². The standard InChI is InChI=1S/C19H14BrN3OS/c1-12-2-4-14(5-3-12)19-22-17(24-23-19)10-18-21-16(11-25-18)13-6-8-15(20)9-7-13/h2-9,11H,10H2,1H3. The Morgan fingerprint density at radius 1 is 0.960 bits per heavy atom. The number of aryl methyl sites for hydroxylation is 1. The zero-order valence-electron chi connectivity index (χ0n) is 13.4. The molecule has 2 aromatic carbocycles.